The van der Waals surface area contributed by atoms with Crippen LogP contribution in [0, 0.1) is 12.3 Å². The predicted octanol–water partition coefficient (Wildman–Crippen LogP) is 6.86. The number of ketones is 1. The van der Waals surface area contributed by atoms with Gasteiger partial charge in [-0.3, -0.25) is 9.59 Å². The number of Topliss-reactive ketones (excluding diaryl/α,β-unsaturated/α-hetero) is 1. The number of rotatable bonds is 7. The number of aromatic nitrogens is 2. The average Bonchev–Trinajstić information content (AvgIpc) is 2.82. The Labute approximate surface area is 215 Å². The summed E-state index contributed by atoms with van der Waals surface area (Å²) >= 11 is 0. The minimum absolute atomic E-state index is 0.0498. The second-order valence-corrected chi connectivity index (χ2v) is 11.2. The molecular weight excluding hydrogens is 446 g/mol. The highest BCUT2D eigenvalue weighted by Gasteiger charge is 2.33. The molecule has 2 aromatic heterocycles. The zero-order valence-electron chi connectivity index (χ0n) is 22.8. The highest BCUT2D eigenvalue weighted by Crippen LogP contribution is 2.44. The third-order valence-electron chi connectivity index (χ3n) is 7.30. The smallest absolute Gasteiger partial charge is 0.192 e. The van der Waals surface area contributed by atoms with E-state index in [1.807, 2.05) is 6.20 Å². The van der Waals surface area contributed by atoms with Crippen molar-refractivity contribution in [3.63, 3.8) is 0 Å². The molecule has 3 heterocycles. The minimum atomic E-state index is -0.209. The molecule has 0 N–H and O–H groups in total. The first-order valence-electron chi connectivity index (χ1n) is 13.2. The van der Waals surface area contributed by atoms with E-state index in [0.29, 0.717) is 0 Å². The third kappa shape index (κ3) is 4.88. The van der Waals surface area contributed by atoms with E-state index in [4.69, 9.17) is 4.98 Å². The van der Waals surface area contributed by atoms with E-state index in [-0.39, 0.29) is 28.2 Å². The summed E-state index contributed by atoms with van der Waals surface area (Å²) in [5.41, 5.74) is 6.62. The Morgan fingerprint density at radius 1 is 1.08 bits per heavy atom. The van der Waals surface area contributed by atoms with Gasteiger partial charge < -0.3 is 9.47 Å². The van der Waals surface area contributed by atoms with Gasteiger partial charge in [-0.1, -0.05) is 40.7 Å². The molecule has 1 unspecified atom stereocenters. The van der Waals surface area contributed by atoms with E-state index < -0.39 is 0 Å². The first kappa shape index (κ1) is 25.9. The Kier molecular flexibility index (Phi) is 7.21. The summed E-state index contributed by atoms with van der Waals surface area (Å²) < 4.78 is 2.16. The highest BCUT2D eigenvalue weighted by atomic mass is 16.1. The number of hydrogen-bond acceptors (Lipinski definition) is 4. The zero-order chi connectivity index (χ0) is 26.2. The number of carbonyl (C=O) groups is 1. The van der Waals surface area contributed by atoms with Gasteiger partial charge in [0.25, 0.3) is 0 Å². The molecule has 1 aromatic carbocycles. The molecule has 0 saturated carbocycles. The van der Waals surface area contributed by atoms with Gasteiger partial charge in [0.2, 0.25) is 0 Å². The topological polar surface area (TPSA) is 55.2 Å². The van der Waals surface area contributed by atoms with Gasteiger partial charge in [0.15, 0.2) is 11.2 Å². The van der Waals surface area contributed by atoms with Crippen molar-refractivity contribution in [3.05, 3.63) is 69.6 Å². The molecule has 0 spiro atoms. The van der Waals surface area contributed by atoms with Gasteiger partial charge in [0, 0.05) is 48.7 Å². The number of pyridine rings is 2. The van der Waals surface area contributed by atoms with Gasteiger partial charge in [0.1, 0.15) is 5.82 Å². The molecule has 0 radical (unpaired) electrons. The summed E-state index contributed by atoms with van der Waals surface area (Å²) in [7, 11) is 0. The normalized spacial score (nSPS) is 14.8. The van der Waals surface area contributed by atoms with Crippen molar-refractivity contribution < 1.29 is 4.79 Å². The standard InChI is InChI=1S/C31H39N3O2/c1-8-12-33(13-9-2)30-11-10-22(18-32-30)24-15-23-16-29(31(5,6)7)34-19-26(21(4)35)28(36)17-27(34)25(23)14-20(24)3/h10-11,14-15,17-19,29H,8-9,12-13,16H2,1-7H3. The maximum atomic E-state index is 12.8. The molecule has 0 aliphatic carbocycles. The van der Waals surface area contributed by atoms with E-state index in [9.17, 15) is 9.59 Å². The number of carbonyl (C=O) groups excluding carboxylic acids is 1. The minimum Gasteiger partial charge on any atom is -0.357 e. The van der Waals surface area contributed by atoms with Crippen LogP contribution in [0.5, 0.6) is 0 Å². The number of benzene rings is 1. The van der Waals surface area contributed by atoms with Crippen LogP contribution < -0.4 is 10.3 Å². The second kappa shape index (κ2) is 10.0. The van der Waals surface area contributed by atoms with Crippen LogP contribution >= 0.6 is 0 Å². The summed E-state index contributed by atoms with van der Waals surface area (Å²) in [5.74, 6) is 0.841. The first-order chi connectivity index (χ1) is 17.0. The summed E-state index contributed by atoms with van der Waals surface area (Å²) in [6.45, 7) is 16.7. The van der Waals surface area contributed by atoms with Crippen molar-refractivity contribution in [1.82, 2.24) is 9.55 Å². The molecule has 0 amide bonds. The molecule has 1 aliphatic rings. The first-order valence-corrected chi connectivity index (χ1v) is 13.2. The van der Waals surface area contributed by atoms with Gasteiger partial charge >= 0.3 is 0 Å². The zero-order valence-corrected chi connectivity index (χ0v) is 22.8. The number of hydrogen-bond donors (Lipinski definition) is 0. The number of aryl methyl sites for hydroxylation is 1. The highest BCUT2D eigenvalue weighted by molar-refractivity contribution is 5.94. The summed E-state index contributed by atoms with van der Waals surface area (Å²) in [6.07, 6.45) is 6.81. The molecule has 0 fully saturated rings. The van der Waals surface area contributed by atoms with E-state index in [1.165, 1.54) is 18.1 Å². The lowest BCUT2D eigenvalue weighted by molar-refractivity contribution is 0.101. The Balaban J connectivity index is 1.81. The Hall–Kier alpha value is -3.21. The van der Waals surface area contributed by atoms with Crippen LogP contribution in [0.2, 0.25) is 0 Å². The van der Waals surface area contributed by atoms with Crippen molar-refractivity contribution >= 4 is 11.6 Å². The molecule has 190 valence electrons. The van der Waals surface area contributed by atoms with E-state index in [2.05, 4.69) is 75.3 Å². The fourth-order valence-electron chi connectivity index (χ4n) is 5.40. The molecule has 0 saturated heterocycles. The molecule has 36 heavy (non-hydrogen) atoms. The maximum absolute atomic E-state index is 12.8. The molecule has 5 nitrogen and oxygen atoms in total. The summed E-state index contributed by atoms with van der Waals surface area (Å²) in [4.78, 5) is 32.1. The predicted molar refractivity (Wildman–Crippen MR) is 149 cm³/mol. The Morgan fingerprint density at radius 3 is 2.33 bits per heavy atom. The molecule has 1 atom stereocenters. The van der Waals surface area contributed by atoms with Crippen LogP contribution in [0.25, 0.3) is 22.4 Å². The van der Waals surface area contributed by atoms with Gasteiger partial charge in [-0.15, -0.1) is 0 Å². The SMILES string of the molecule is CCCN(CCC)c1ccc(-c2cc3c(cc2C)-c2cc(=O)c(C(C)=O)cn2C(C(C)(C)C)C3)cn1. The lowest BCUT2D eigenvalue weighted by Crippen LogP contribution is -2.32. The van der Waals surface area contributed by atoms with Crippen molar-refractivity contribution in [3.8, 4) is 22.4 Å². The number of fused-ring (bicyclic) bond motifs is 3. The van der Waals surface area contributed by atoms with Crippen molar-refractivity contribution in [1.29, 1.82) is 0 Å². The molecular formula is C31H39N3O2. The Morgan fingerprint density at radius 2 is 1.78 bits per heavy atom. The lowest BCUT2D eigenvalue weighted by atomic mass is 9.77. The van der Waals surface area contributed by atoms with Crippen LogP contribution in [0.15, 0.2) is 47.5 Å². The van der Waals surface area contributed by atoms with Gasteiger partial charge in [0.05, 0.1) is 11.3 Å². The molecule has 3 aromatic rings. The maximum Gasteiger partial charge on any atom is 0.192 e. The van der Waals surface area contributed by atoms with Crippen LogP contribution in [-0.4, -0.2) is 28.4 Å². The Bertz CT molecular complexity index is 1320. The monoisotopic (exact) mass is 485 g/mol. The van der Waals surface area contributed by atoms with Crippen molar-refractivity contribution in [2.75, 3.05) is 18.0 Å². The van der Waals surface area contributed by atoms with E-state index >= 15 is 0 Å². The molecule has 4 rings (SSSR count). The van der Waals surface area contributed by atoms with E-state index in [1.54, 1.807) is 12.3 Å². The number of nitrogens with zero attached hydrogens (tertiary/aromatic N) is 3. The quantitative estimate of drug-likeness (QED) is 0.343. The van der Waals surface area contributed by atoms with Crippen LogP contribution in [0.4, 0.5) is 5.82 Å². The van der Waals surface area contributed by atoms with Gasteiger partial charge in [-0.25, -0.2) is 4.98 Å². The molecule has 1 aliphatic heterocycles. The fourth-order valence-corrected chi connectivity index (χ4v) is 5.40. The van der Waals surface area contributed by atoms with Crippen LogP contribution in [0.1, 0.15) is 81.9 Å². The lowest BCUT2D eigenvalue weighted by Gasteiger charge is -2.39. The number of anilines is 1. The van der Waals surface area contributed by atoms with Crippen LogP contribution in [0.3, 0.4) is 0 Å². The van der Waals surface area contributed by atoms with E-state index in [0.717, 1.165) is 60.6 Å². The summed E-state index contributed by atoms with van der Waals surface area (Å²) in [6, 6.07) is 10.6. The average molecular weight is 486 g/mol. The largest absolute Gasteiger partial charge is 0.357 e. The van der Waals surface area contributed by atoms with Crippen LogP contribution in [-0.2, 0) is 6.42 Å². The van der Waals surface area contributed by atoms with Gasteiger partial charge in [-0.05, 0) is 73.4 Å². The molecule has 5 heteroatoms. The van der Waals surface area contributed by atoms with Crippen molar-refractivity contribution in [2.45, 2.75) is 73.8 Å². The van der Waals surface area contributed by atoms with Gasteiger partial charge in [-0.2, -0.15) is 0 Å². The molecule has 0 bridgehead atoms. The second-order valence-electron chi connectivity index (χ2n) is 11.2. The summed E-state index contributed by atoms with van der Waals surface area (Å²) in [5, 5.41) is 0. The van der Waals surface area contributed by atoms with Crippen molar-refractivity contribution in [2.24, 2.45) is 5.41 Å². The fraction of sp³-hybridized carbons (Fsp3) is 0.452. The third-order valence-corrected chi connectivity index (χ3v) is 7.30.